The van der Waals surface area contributed by atoms with Crippen LogP contribution >= 0.6 is 0 Å². The Hall–Kier alpha value is -5.91. The highest BCUT2D eigenvalue weighted by Gasteiger charge is 2.53. The summed E-state index contributed by atoms with van der Waals surface area (Å²) in [7, 11) is 5.53. The molecule has 16 nitrogen and oxygen atoms in total. The number of benzene rings is 3. The van der Waals surface area contributed by atoms with E-state index in [4.69, 9.17) is 19.2 Å². The third kappa shape index (κ3) is 10.7. The highest BCUT2D eigenvalue weighted by molar-refractivity contribution is 5.96. The van der Waals surface area contributed by atoms with Crippen molar-refractivity contribution in [2.75, 3.05) is 67.1 Å². The number of nitrogens with zero attached hydrogens (tertiary/aromatic N) is 6. The van der Waals surface area contributed by atoms with E-state index in [1.807, 2.05) is 50.2 Å². The summed E-state index contributed by atoms with van der Waals surface area (Å²) in [4.78, 5) is 70.4. The molecule has 6 bridgehead atoms. The summed E-state index contributed by atoms with van der Waals surface area (Å²) in [5, 5.41) is 17.2. The SMILES string of the molecule is CCn1c(C2=C([C@H](C)OC)N=CC(N3CCN(C)CC3)C2)c2c3cc(ccc31)-c1cc(O)cc(c1)C[C@H](NC(=O)[C@H](C(C)C)N(C)C(=O)[C@@H]1OCC[C@@H]1c1ccccc1)C(=O)N1CC3C[C@@H]3[C@H](N1)C(=O)OCC(C)(C)C2. The number of amides is 3. The number of nitrogens with one attached hydrogen (secondary N) is 2. The average molecular weight is 1040 g/mol. The van der Waals surface area contributed by atoms with Crippen LogP contribution in [0.5, 0.6) is 5.75 Å². The van der Waals surface area contributed by atoms with Crippen molar-refractivity contribution in [3.63, 3.8) is 0 Å². The van der Waals surface area contributed by atoms with Crippen LogP contribution in [0.25, 0.3) is 27.6 Å². The number of cyclic esters (lactones) is 1. The quantitative estimate of drug-likeness (QED) is 0.142. The van der Waals surface area contributed by atoms with Crippen molar-refractivity contribution in [1.29, 1.82) is 0 Å². The number of hydrogen-bond acceptors (Lipinski definition) is 12. The lowest BCUT2D eigenvalue weighted by atomic mass is 9.83. The van der Waals surface area contributed by atoms with Crippen LogP contribution in [0, 0.1) is 23.2 Å². The Morgan fingerprint density at radius 1 is 1.00 bits per heavy atom. The predicted molar refractivity (Wildman–Crippen MR) is 293 cm³/mol. The van der Waals surface area contributed by atoms with E-state index in [1.165, 1.54) is 9.91 Å². The van der Waals surface area contributed by atoms with E-state index in [9.17, 15) is 19.5 Å². The molecule has 3 amide bonds. The zero-order chi connectivity index (χ0) is 53.7. The maximum atomic E-state index is 15.1. The number of carbonyl (C=O) groups excluding carboxylic acids is 4. The molecule has 0 radical (unpaired) electrons. The second kappa shape index (κ2) is 21.8. The lowest BCUT2D eigenvalue weighted by Gasteiger charge is -2.38. The number of aromatic nitrogens is 1. The number of fused-ring (bicyclic) bond motifs is 8. The number of ether oxygens (including phenoxy) is 3. The first-order valence-corrected chi connectivity index (χ1v) is 27.6. The van der Waals surface area contributed by atoms with E-state index in [1.54, 1.807) is 26.3 Å². The molecule has 6 heterocycles. The number of aryl methyl sites for hydroxylation is 1. The highest BCUT2D eigenvalue weighted by atomic mass is 16.5. The molecule has 3 N–H and O–H groups in total. The van der Waals surface area contributed by atoms with Crippen LogP contribution in [-0.4, -0.2) is 163 Å². The van der Waals surface area contributed by atoms with Gasteiger partial charge in [0.1, 0.15) is 30.0 Å². The van der Waals surface area contributed by atoms with Gasteiger partial charge in [0, 0.05) is 107 Å². The molecular weight excluding hydrogens is 961 g/mol. The molecular formula is C60H78N8O8. The van der Waals surface area contributed by atoms with Gasteiger partial charge in [-0.1, -0.05) is 70.2 Å². The third-order valence-corrected chi connectivity index (χ3v) is 17.1. The van der Waals surface area contributed by atoms with Crippen molar-refractivity contribution in [2.24, 2.45) is 28.2 Å². The Morgan fingerprint density at radius 3 is 2.49 bits per heavy atom. The van der Waals surface area contributed by atoms with Crippen molar-refractivity contribution < 1.29 is 38.5 Å². The van der Waals surface area contributed by atoms with Crippen LogP contribution in [0.3, 0.4) is 0 Å². The number of aromatic hydroxyl groups is 1. The standard InChI is InChI=1S/C60H78N8O8/c1-10-67-50-17-16-39-28-46(50)48(54(67)47-30-42(32-61-51(47)36(4)74-9)66-21-19-64(7)20-22-66)31-60(5,6)34-76-59(73)52-45-29-41(45)33-68(63-52)57(71)49(26-37-24-40(39)27-43(69)25-37)62-56(70)53(35(2)3)65(8)58(72)55-44(18-23-75-55)38-14-12-11-13-15-38/h11-17,24-25,27-28,32,35-36,41-42,44-45,49,52-53,55,63,69H,10,18-23,26,29-31,33-34H2,1-9H3,(H,62,70)/t36-,41?,42?,44+,45-,49-,52-,53-,55+/m0/s1. The molecule has 9 atom stereocenters. The minimum atomic E-state index is -1.15. The van der Waals surface area contributed by atoms with Gasteiger partial charge in [0.05, 0.1) is 24.1 Å². The van der Waals surface area contributed by atoms with Gasteiger partial charge in [-0.25, -0.2) is 5.43 Å². The van der Waals surface area contributed by atoms with Gasteiger partial charge >= 0.3 is 5.97 Å². The molecule has 406 valence electrons. The molecule has 4 fully saturated rings. The number of methoxy groups -OCH3 is 1. The summed E-state index contributed by atoms with van der Waals surface area (Å²) in [6.07, 6.45) is 3.84. The fraction of sp³-hybridized carbons (Fsp3) is 0.550. The highest BCUT2D eigenvalue weighted by Crippen LogP contribution is 2.46. The minimum Gasteiger partial charge on any atom is -0.508 e. The van der Waals surface area contributed by atoms with Crippen molar-refractivity contribution in [3.8, 4) is 16.9 Å². The van der Waals surface area contributed by atoms with E-state index in [0.29, 0.717) is 38.1 Å². The molecule has 76 heavy (non-hydrogen) atoms. The molecule has 4 aromatic rings. The van der Waals surface area contributed by atoms with Crippen LogP contribution in [-0.2, 0) is 52.8 Å². The summed E-state index contributed by atoms with van der Waals surface area (Å²) in [6.45, 7) is 17.7. The lowest BCUT2D eigenvalue weighted by molar-refractivity contribution is -0.156. The maximum Gasteiger partial charge on any atom is 0.325 e. The summed E-state index contributed by atoms with van der Waals surface area (Å²) < 4.78 is 20.8. The normalized spacial score (nSPS) is 27.0. The molecule has 5 aliphatic heterocycles. The van der Waals surface area contributed by atoms with Gasteiger partial charge in [-0.2, -0.15) is 0 Å². The van der Waals surface area contributed by atoms with E-state index in [-0.39, 0.29) is 60.5 Å². The molecule has 2 unspecified atom stereocenters. The zero-order valence-electron chi connectivity index (χ0n) is 45.9. The maximum absolute atomic E-state index is 15.1. The van der Waals surface area contributed by atoms with Crippen LogP contribution in [0.2, 0.25) is 0 Å². The number of hydrogen-bond donors (Lipinski definition) is 3. The van der Waals surface area contributed by atoms with Crippen LogP contribution in [0.4, 0.5) is 0 Å². The van der Waals surface area contributed by atoms with E-state index < -0.39 is 47.4 Å². The molecule has 6 aliphatic rings. The first kappa shape index (κ1) is 53.5. The Labute approximate surface area is 447 Å². The van der Waals surface area contributed by atoms with Crippen LogP contribution in [0.1, 0.15) is 89.1 Å². The fourth-order valence-corrected chi connectivity index (χ4v) is 12.8. The molecule has 1 aromatic heterocycles. The van der Waals surface area contributed by atoms with Crippen LogP contribution < -0.4 is 10.7 Å². The fourth-order valence-electron chi connectivity index (χ4n) is 12.8. The van der Waals surface area contributed by atoms with Gasteiger partial charge in [0.25, 0.3) is 11.8 Å². The Balaban J connectivity index is 1.04. The minimum absolute atomic E-state index is 0.00443. The smallest absolute Gasteiger partial charge is 0.325 e. The summed E-state index contributed by atoms with van der Waals surface area (Å²) in [5.74, 6) is -2.08. The summed E-state index contributed by atoms with van der Waals surface area (Å²) in [6, 6.07) is 18.8. The second-order valence-corrected chi connectivity index (χ2v) is 23.5. The van der Waals surface area contributed by atoms with Gasteiger partial charge < -0.3 is 39.0 Å². The number of esters is 1. The lowest BCUT2D eigenvalue weighted by Crippen LogP contribution is -2.63. The zero-order valence-corrected chi connectivity index (χ0v) is 45.9. The molecule has 0 spiro atoms. The Kier molecular flexibility index (Phi) is 15.4. The number of rotatable bonds is 11. The van der Waals surface area contributed by atoms with Crippen LogP contribution in [0.15, 0.2) is 77.4 Å². The van der Waals surface area contributed by atoms with Crippen molar-refractivity contribution in [1.82, 2.24) is 35.0 Å². The van der Waals surface area contributed by atoms with E-state index >= 15 is 4.79 Å². The van der Waals surface area contributed by atoms with E-state index in [2.05, 4.69) is 84.3 Å². The third-order valence-electron chi connectivity index (χ3n) is 17.1. The molecule has 1 aliphatic carbocycles. The topological polar surface area (TPSA) is 171 Å². The summed E-state index contributed by atoms with van der Waals surface area (Å²) in [5.41, 5.74) is 11.3. The largest absolute Gasteiger partial charge is 0.508 e. The van der Waals surface area contributed by atoms with Crippen molar-refractivity contribution in [3.05, 3.63) is 94.8 Å². The number of aliphatic imine (C=N–C) groups is 1. The van der Waals surface area contributed by atoms with Gasteiger partial charge in [0.15, 0.2) is 0 Å². The number of carbonyl (C=O) groups is 4. The average Bonchev–Trinajstić information content (AvgIpc) is 3.96. The molecule has 1 saturated carbocycles. The first-order valence-electron chi connectivity index (χ1n) is 27.6. The second-order valence-electron chi connectivity index (χ2n) is 23.5. The number of phenolic OH excluding ortho intramolecular Hbond substituents is 1. The monoisotopic (exact) mass is 1040 g/mol. The van der Waals surface area contributed by atoms with Gasteiger partial charge in [0.2, 0.25) is 5.91 Å². The number of likely N-dealkylation sites (N-methyl/N-ethyl adjacent to an activating group) is 2. The Bertz CT molecular complexity index is 2910. The summed E-state index contributed by atoms with van der Waals surface area (Å²) >= 11 is 0. The van der Waals surface area contributed by atoms with Gasteiger partial charge in [-0.15, -0.1) is 0 Å². The first-order chi connectivity index (χ1) is 36.4. The number of piperazine rings is 1. The van der Waals surface area contributed by atoms with E-state index in [0.717, 1.165) is 89.1 Å². The van der Waals surface area contributed by atoms with Gasteiger partial charge in [-0.05, 0) is 116 Å². The predicted octanol–water partition coefficient (Wildman–Crippen LogP) is 6.43. The number of phenols is 1. The Morgan fingerprint density at radius 2 is 1.76 bits per heavy atom. The number of hydrazine groups is 1. The van der Waals surface area contributed by atoms with Crippen molar-refractivity contribution >= 4 is 46.4 Å². The van der Waals surface area contributed by atoms with Gasteiger partial charge in [-0.3, -0.25) is 34.1 Å². The molecule has 10 rings (SSSR count). The molecule has 3 saturated heterocycles. The van der Waals surface area contributed by atoms with Crippen molar-refractivity contribution in [2.45, 2.75) is 122 Å². The molecule has 3 aromatic carbocycles. The molecule has 16 heteroatoms.